The molecule has 0 unspecified atom stereocenters. The molecule has 0 saturated carbocycles. The summed E-state index contributed by atoms with van der Waals surface area (Å²) < 4.78 is 6.70. The van der Waals surface area contributed by atoms with Crippen LogP contribution in [0.3, 0.4) is 0 Å². The highest BCUT2D eigenvalue weighted by Gasteiger charge is 2.15. The summed E-state index contributed by atoms with van der Waals surface area (Å²) >= 11 is 4.71. The summed E-state index contributed by atoms with van der Waals surface area (Å²) in [5.74, 6) is 0. The van der Waals surface area contributed by atoms with Crippen LogP contribution in [-0.2, 0) is 13.1 Å². The summed E-state index contributed by atoms with van der Waals surface area (Å²) in [5, 5.41) is 13.4. The largest absolute Gasteiger partial charge is 0.389 e. The minimum atomic E-state index is -0.519. The van der Waals surface area contributed by atoms with Gasteiger partial charge >= 0.3 is 0 Å². The second-order valence-corrected chi connectivity index (χ2v) is 9.46. The number of fused-ring (bicyclic) bond motifs is 4. The zero-order valence-electron chi connectivity index (χ0n) is 14.9. The molecular formula is C22H17I2N3O. The van der Waals surface area contributed by atoms with E-state index in [-0.39, 0.29) is 0 Å². The lowest BCUT2D eigenvalue weighted by atomic mass is 10.2. The molecule has 5 aromatic rings. The van der Waals surface area contributed by atoms with Crippen molar-refractivity contribution in [2.24, 2.45) is 0 Å². The maximum absolute atomic E-state index is 10.9. The topological polar surface area (TPSA) is 43.0 Å². The number of benzene rings is 3. The molecule has 2 aromatic heterocycles. The maximum Gasteiger partial charge on any atom is 0.0959 e. The van der Waals surface area contributed by atoms with E-state index in [0.717, 1.165) is 22.1 Å². The van der Waals surface area contributed by atoms with E-state index >= 15 is 0 Å². The highest BCUT2D eigenvalue weighted by molar-refractivity contribution is 14.1. The van der Waals surface area contributed by atoms with Crippen LogP contribution >= 0.6 is 45.2 Å². The van der Waals surface area contributed by atoms with Crippen molar-refractivity contribution in [2.45, 2.75) is 19.2 Å². The van der Waals surface area contributed by atoms with Gasteiger partial charge in [0, 0.05) is 28.9 Å². The fourth-order valence-electron chi connectivity index (χ4n) is 3.90. The van der Waals surface area contributed by atoms with Crippen molar-refractivity contribution in [3.8, 4) is 0 Å². The van der Waals surface area contributed by atoms with Crippen molar-refractivity contribution in [1.82, 2.24) is 14.1 Å². The predicted molar refractivity (Wildman–Crippen MR) is 131 cm³/mol. The van der Waals surface area contributed by atoms with Gasteiger partial charge in [0.2, 0.25) is 0 Å². The number of hydrogen-bond donors (Lipinski definition) is 1. The van der Waals surface area contributed by atoms with Crippen LogP contribution in [0, 0.1) is 7.14 Å². The molecule has 0 aliphatic heterocycles. The van der Waals surface area contributed by atoms with Crippen LogP contribution in [0.2, 0.25) is 0 Å². The van der Waals surface area contributed by atoms with Gasteiger partial charge in [-0.25, -0.2) is 4.98 Å². The van der Waals surface area contributed by atoms with Crippen LogP contribution in [0.25, 0.3) is 32.8 Å². The van der Waals surface area contributed by atoms with Crippen LogP contribution in [-0.4, -0.2) is 25.3 Å². The fourth-order valence-corrected chi connectivity index (χ4v) is 4.88. The average molecular weight is 593 g/mol. The third-order valence-corrected chi connectivity index (χ3v) is 6.46. The molecule has 0 amide bonds. The lowest BCUT2D eigenvalue weighted by molar-refractivity contribution is 0.138. The minimum Gasteiger partial charge on any atom is -0.389 e. The van der Waals surface area contributed by atoms with E-state index in [1.54, 1.807) is 0 Å². The van der Waals surface area contributed by atoms with Gasteiger partial charge in [-0.2, -0.15) is 0 Å². The molecule has 5 rings (SSSR count). The zero-order valence-corrected chi connectivity index (χ0v) is 19.2. The lowest BCUT2D eigenvalue weighted by Crippen LogP contribution is -2.21. The standard InChI is InChI=1S/C22H17I2N3O/c23-14-5-7-20-17(9-14)18-10-15(24)6-8-21(18)27(20)12-16(28)11-26-13-25-19-3-1-2-4-22(19)26/h1-10,13,16,28H,11-12H2/t16-/m1/s1. The van der Waals surface area contributed by atoms with E-state index in [1.165, 1.54) is 17.9 Å². The summed E-state index contributed by atoms with van der Waals surface area (Å²) in [6.07, 6.45) is 1.29. The van der Waals surface area contributed by atoms with Crippen molar-refractivity contribution >= 4 is 78.0 Å². The highest BCUT2D eigenvalue weighted by Crippen LogP contribution is 2.31. The third kappa shape index (κ3) is 3.21. The van der Waals surface area contributed by atoms with Crippen LogP contribution in [0.1, 0.15) is 0 Å². The number of hydrogen-bond acceptors (Lipinski definition) is 2. The van der Waals surface area contributed by atoms with Crippen LogP contribution in [0.4, 0.5) is 0 Å². The third-order valence-electron chi connectivity index (χ3n) is 5.12. The first-order chi connectivity index (χ1) is 13.6. The first-order valence-corrected chi connectivity index (χ1v) is 11.2. The van der Waals surface area contributed by atoms with E-state index in [4.69, 9.17) is 0 Å². The first kappa shape index (κ1) is 18.4. The fraction of sp³-hybridized carbons (Fsp3) is 0.136. The second kappa shape index (κ2) is 7.31. The maximum atomic E-state index is 10.9. The number of halogens is 2. The smallest absolute Gasteiger partial charge is 0.0959 e. The Morgan fingerprint density at radius 1 is 0.821 bits per heavy atom. The van der Waals surface area contributed by atoms with E-state index in [2.05, 4.69) is 91.1 Å². The van der Waals surface area contributed by atoms with Gasteiger partial charge in [-0.05, 0) is 93.7 Å². The Bertz CT molecular complexity index is 1260. The van der Waals surface area contributed by atoms with Crippen molar-refractivity contribution in [3.05, 3.63) is 74.1 Å². The van der Waals surface area contributed by atoms with Gasteiger partial charge in [-0.15, -0.1) is 0 Å². The summed E-state index contributed by atoms with van der Waals surface area (Å²) in [6, 6.07) is 21.0. The second-order valence-electron chi connectivity index (χ2n) is 6.97. The Hall–Kier alpha value is -1.65. The molecule has 2 heterocycles. The highest BCUT2D eigenvalue weighted by atomic mass is 127. The van der Waals surface area contributed by atoms with E-state index < -0.39 is 6.10 Å². The Balaban J connectivity index is 1.55. The molecule has 6 heteroatoms. The average Bonchev–Trinajstić information content (AvgIpc) is 3.21. The van der Waals surface area contributed by atoms with E-state index in [1.807, 2.05) is 35.2 Å². The van der Waals surface area contributed by atoms with Crippen molar-refractivity contribution < 1.29 is 5.11 Å². The Morgan fingerprint density at radius 3 is 2.14 bits per heavy atom. The van der Waals surface area contributed by atoms with Crippen LogP contribution in [0.15, 0.2) is 67.0 Å². The van der Waals surface area contributed by atoms with Crippen LogP contribution in [0.5, 0.6) is 0 Å². The molecule has 0 aliphatic rings. The molecule has 0 fully saturated rings. The molecular weight excluding hydrogens is 576 g/mol. The molecule has 0 spiro atoms. The molecule has 28 heavy (non-hydrogen) atoms. The summed E-state index contributed by atoms with van der Waals surface area (Å²) in [6.45, 7) is 1.05. The molecule has 0 aliphatic carbocycles. The molecule has 3 aromatic carbocycles. The monoisotopic (exact) mass is 593 g/mol. The van der Waals surface area contributed by atoms with Gasteiger partial charge in [0.05, 0.1) is 36.6 Å². The number of nitrogens with zero attached hydrogens (tertiary/aromatic N) is 3. The molecule has 0 saturated heterocycles. The summed E-state index contributed by atoms with van der Waals surface area (Å²) in [4.78, 5) is 4.43. The van der Waals surface area contributed by atoms with Crippen molar-refractivity contribution in [3.63, 3.8) is 0 Å². The predicted octanol–water partition coefficient (Wildman–Crippen LogP) is 5.41. The van der Waals surface area contributed by atoms with E-state index in [9.17, 15) is 5.11 Å². The first-order valence-electron chi connectivity index (χ1n) is 9.05. The normalized spacial score (nSPS) is 13.0. The van der Waals surface area contributed by atoms with Gasteiger partial charge in [-0.1, -0.05) is 12.1 Å². The number of imidazole rings is 1. The quantitative estimate of drug-likeness (QED) is 0.284. The molecule has 1 atom stereocenters. The van der Waals surface area contributed by atoms with Gasteiger partial charge in [0.15, 0.2) is 0 Å². The number of aromatic nitrogens is 3. The molecule has 4 nitrogen and oxygen atoms in total. The van der Waals surface area contributed by atoms with Crippen LogP contribution < -0.4 is 0 Å². The summed E-state index contributed by atoms with van der Waals surface area (Å²) in [7, 11) is 0. The van der Waals surface area contributed by atoms with Gasteiger partial charge in [-0.3, -0.25) is 0 Å². The Morgan fingerprint density at radius 2 is 1.46 bits per heavy atom. The van der Waals surface area contributed by atoms with E-state index in [0.29, 0.717) is 13.1 Å². The number of aliphatic hydroxyl groups is 1. The Kier molecular flexibility index (Phi) is 4.80. The number of rotatable bonds is 4. The van der Waals surface area contributed by atoms with Gasteiger partial charge < -0.3 is 14.2 Å². The van der Waals surface area contributed by atoms with Crippen molar-refractivity contribution in [2.75, 3.05) is 0 Å². The molecule has 140 valence electrons. The zero-order chi connectivity index (χ0) is 19.3. The number of para-hydroxylation sites is 2. The van der Waals surface area contributed by atoms with Crippen molar-refractivity contribution in [1.29, 1.82) is 0 Å². The van der Waals surface area contributed by atoms with Gasteiger partial charge in [0.1, 0.15) is 0 Å². The molecule has 0 radical (unpaired) electrons. The Labute approximate surface area is 189 Å². The number of aliphatic hydroxyl groups excluding tert-OH is 1. The SMILES string of the molecule is O[C@H](Cn1cnc2ccccc21)Cn1c2ccc(I)cc2c2cc(I)ccc21. The van der Waals surface area contributed by atoms with Gasteiger partial charge in [0.25, 0.3) is 0 Å². The summed E-state index contributed by atoms with van der Waals surface area (Å²) in [5.41, 5.74) is 4.32. The molecule has 0 bridgehead atoms. The minimum absolute atomic E-state index is 0.510. The molecule has 1 N–H and O–H groups in total. The lowest BCUT2D eigenvalue weighted by Gasteiger charge is -2.15.